The monoisotopic (exact) mass is 316 g/mol. The average molecular weight is 317 g/mol. The highest BCUT2D eigenvalue weighted by Gasteiger charge is 2.12. The van der Waals surface area contributed by atoms with E-state index in [0.29, 0.717) is 42.0 Å². The van der Waals surface area contributed by atoms with E-state index in [1.165, 1.54) is 14.2 Å². The molecule has 0 aliphatic carbocycles. The number of urea groups is 1. The number of ether oxygens (including phenoxy) is 3. The Kier molecular flexibility index (Phi) is 7.71. The fraction of sp³-hybridized carbons (Fsp3) is 0.500. The van der Waals surface area contributed by atoms with Crippen molar-refractivity contribution in [3.8, 4) is 11.5 Å². The number of hydrogen-bond acceptors (Lipinski definition) is 4. The highest BCUT2D eigenvalue weighted by atomic mass is 35.5. The van der Waals surface area contributed by atoms with Crippen molar-refractivity contribution in [1.82, 2.24) is 5.32 Å². The highest BCUT2D eigenvalue weighted by Crippen LogP contribution is 2.35. The highest BCUT2D eigenvalue weighted by molar-refractivity contribution is 6.32. The summed E-state index contributed by atoms with van der Waals surface area (Å²) in [5.41, 5.74) is 0.487. The first-order valence-electron chi connectivity index (χ1n) is 6.66. The number of carbonyl (C=O) groups is 1. The van der Waals surface area contributed by atoms with E-state index >= 15 is 0 Å². The van der Waals surface area contributed by atoms with Gasteiger partial charge in [-0.05, 0) is 13.3 Å². The third-order valence-electron chi connectivity index (χ3n) is 2.68. The van der Waals surface area contributed by atoms with Crippen molar-refractivity contribution in [1.29, 1.82) is 0 Å². The largest absolute Gasteiger partial charge is 0.495 e. The summed E-state index contributed by atoms with van der Waals surface area (Å²) in [5.74, 6) is 0.925. The lowest BCUT2D eigenvalue weighted by atomic mass is 10.2. The summed E-state index contributed by atoms with van der Waals surface area (Å²) in [6.07, 6.45) is 0.752. The van der Waals surface area contributed by atoms with E-state index in [-0.39, 0.29) is 6.03 Å². The normalized spacial score (nSPS) is 10.1. The van der Waals surface area contributed by atoms with Crippen LogP contribution in [0, 0.1) is 0 Å². The van der Waals surface area contributed by atoms with Crippen molar-refractivity contribution in [3.63, 3.8) is 0 Å². The molecule has 1 rings (SSSR count). The Morgan fingerprint density at radius 3 is 2.57 bits per heavy atom. The maximum absolute atomic E-state index is 11.8. The predicted octanol–water partition coefficient (Wildman–Crippen LogP) is 2.91. The molecule has 0 aliphatic rings. The zero-order valence-electron chi connectivity index (χ0n) is 12.5. The number of halogens is 1. The Balaban J connectivity index is 2.58. The molecule has 7 heteroatoms. The molecule has 0 aliphatic heterocycles. The fourth-order valence-electron chi connectivity index (χ4n) is 1.65. The van der Waals surface area contributed by atoms with E-state index in [2.05, 4.69) is 10.6 Å². The molecule has 0 saturated carbocycles. The van der Waals surface area contributed by atoms with Crippen molar-refractivity contribution in [2.45, 2.75) is 13.3 Å². The van der Waals surface area contributed by atoms with Crippen LogP contribution < -0.4 is 20.1 Å². The minimum atomic E-state index is -0.325. The second-order valence-corrected chi connectivity index (χ2v) is 4.53. The molecule has 1 aromatic carbocycles. The lowest BCUT2D eigenvalue weighted by Crippen LogP contribution is -2.30. The van der Waals surface area contributed by atoms with Crippen LogP contribution in [0.3, 0.4) is 0 Å². The lowest BCUT2D eigenvalue weighted by Gasteiger charge is -2.13. The van der Waals surface area contributed by atoms with E-state index in [0.717, 1.165) is 6.42 Å². The van der Waals surface area contributed by atoms with Crippen LogP contribution in [-0.4, -0.2) is 40.0 Å². The van der Waals surface area contributed by atoms with Crippen LogP contribution in [-0.2, 0) is 4.74 Å². The first-order valence-corrected chi connectivity index (χ1v) is 7.04. The summed E-state index contributed by atoms with van der Waals surface area (Å²) in [7, 11) is 3.01. The van der Waals surface area contributed by atoms with Crippen molar-refractivity contribution in [2.75, 3.05) is 39.3 Å². The molecule has 6 nitrogen and oxygen atoms in total. The Morgan fingerprint density at radius 1 is 1.24 bits per heavy atom. The average Bonchev–Trinajstić information content (AvgIpc) is 2.48. The van der Waals surface area contributed by atoms with Gasteiger partial charge in [0.25, 0.3) is 0 Å². The van der Waals surface area contributed by atoms with Gasteiger partial charge in [0.05, 0.1) is 24.9 Å². The number of carbonyl (C=O) groups excluding carboxylic acids is 1. The van der Waals surface area contributed by atoms with Gasteiger partial charge in [0.15, 0.2) is 0 Å². The first-order chi connectivity index (χ1) is 10.1. The summed E-state index contributed by atoms with van der Waals surface area (Å²) in [6, 6.07) is 2.88. The molecule has 2 amide bonds. The van der Waals surface area contributed by atoms with Crippen LogP contribution in [0.15, 0.2) is 12.1 Å². The first kappa shape index (κ1) is 17.4. The van der Waals surface area contributed by atoms with Gasteiger partial charge in [-0.1, -0.05) is 11.6 Å². The Morgan fingerprint density at radius 2 is 1.95 bits per heavy atom. The van der Waals surface area contributed by atoms with Crippen LogP contribution in [0.1, 0.15) is 13.3 Å². The Labute approximate surface area is 129 Å². The minimum absolute atomic E-state index is 0.325. The number of amides is 2. The van der Waals surface area contributed by atoms with E-state index in [4.69, 9.17) is 25.8 Å². The molecular weight excluding hydrogens is 296 g/mol. The maximum Gasteiger partial charge on any atom is 0.319 e. The molecule has 0 heterocycles. The molecule has 0 unspecified atom stereocenters. The van der Waals surface area contributed by atoms with Gasteiger partial charge in [-0.2, -0.15) is 0 Å². The second-order valence-electron chi connectivity index (χ2n) is 4.12. The molecule has 0 fully saturated rings. The summed E-state index contributed by atoms with van der Waals surface area (Å²) in [4.78, 5) is 11.8. The van der Waals surface area contributed by atoms with Gasteiger partial charge in [-0.25, -0.2) is 4.79 Å². The third-order valence-corrected chi connectivity index (χ3v) is 2.97. The number of hydrogen-bond donors (Lipinski definition) is 2. The van der Waals surface area contributed by atoms with Gasteiger partial charge >= 0.3 is 6.03 Å². The van der Waals surface area contributed by atoms with Crippen LogP contribution in [0.25, 0.3) is 0 Å². The van der Waals surface area contributed by atoms with Gasteiger partial charge in [-0.3, -0.25) is 0 Å². The van der Waals surface area contributed by atoms with E-state index < -0.39 is 0 Å². The summed E-state index contributed by atoms with van der Waals surface area (Å²) >= 11 is 6.00. The van der Waals surface area contributed by atoms with Crippen molar-refractivity contribution >= 4 is 23.3 Å². The summed E-state index contributed by atoms with van der Waals surface area (Å²) in [5, 5.41) is 5.85. The number of methoxy groups -OCH3 is 2. The zero-order valence-corrected chi connectivity index (χ0v) is 13.3. The van der Waals surface area contributed by atoms with Gasteiger partial charge < -0.3 is 24.8 Å². The molecule has 0 bridgehead atoms. The molecule has 21 heavy (non-hydrogen) atoms. The number of rotatable bonds is 8. The van der Waals surface area contributed by atoms with Crippen molar-refractivity contribution < 1.29 is 19.0 Å². The lowest BCUT2D eigenvalue weighted by molar-refractivity contribution is 0.145. The molecule has 2 N–H and O–H groups in total. The number of anilines is 1. The quantitative estimate of drug-likeness (QED) is 0.724. The molecule has 1 aromatic rings. The van der Waals surface area contributed by atoms with E-state index in [1.54, 1.807) is 12.1 Å². The molecule has 0 saturated heterocycles. The standard InChI is InChI=1S/C14H21ClN2O4/c1-4-21-7-5-6-16-14(18)17-11-9-12(19-2)10(15)8-13(11)20-3/h8-9H,4-7H2,1-3H3,(H2,16,17,18). The molecule has 0 aromatic heterocycles. The Bertz CT molecular complexity index is 469. The van der Waals surface area contributed by atoms with Crippen LogP contribution >= 0.6 is 11.6 Å². The number of nitrogens with one attached hydrogen (secondary N) is 2. The molecule has 0 atom stereocenters. The van der Waals surface area contributed by atoms with E-state index in [9.17, 15) is 4.79 Å². The van der Waals surface area contributed by atoms with Crippen molar-refractivity contribution in [2.24, 2.45) is 0 Å². The minimum Gasteiger partial charge on any atom is -0.495 e. The van der Waals surface area contributed by atoms with E-state index in [1.807, 2.05) is 6.92 Å². The summed E-state index contributed by atoms with van der Waals surface area (Å²) < 4.78 is 15.5. The summed E-state index contributed by atoms with van der Waals surface area (Å²) in [6.45, 7) is 3.75. The third kappa shape index (κ3) is 5.69. The molecule has 118 valence electrons. The van der Waals surface area contributed by atoms with Gasteiger partial charge in [0.2, 0.25) is 0 Å². The van der Waals surface area contributed by atoms with Crippen LogP contribution in [0.4, 0.5) is 10.5 Å². The fourth-order valence-corrected chi connectivity index (χ4v) is 1.88. The zero-order chi connectivity index (χ0) is 15.7. The van der Waals surface area contributed by atoms with Gasteiger partial charge in [-0.15, -0.1) is 0 Å². The topological polar surface area (TPSA) is 68.8 Å². The Hall–Kier alpha value is -1.66. The molecule has 0 spiro atoms. The molecular formula is C14H21ClN2O4. The maximum atomic E-state index is 11.8. The second kappa shape index (κ2) is 9.31. The smallest absolute Gasteiger partial charge is 0.319 e. The molecule has 0 radical (unpaired) electrons. The predicted molar refractivity (Wildman–Crippen MR) is 82.7 cm³/mol. The van der Waals surface area contributed by atoms with Crippen LogP contribution in [0.5, 0.6) is 11.5 Å². The van der Waals surface area contributed by atoms with Gasteiger partial charge in [0, 0.05) is 31.9 Å². The van der Waals surface area contributed by atoms with Gasteiger partial charge in [0.1, 0.15) is 11.5 Å². The van der Waals surface area contributed by atoms with Crippen LogP contribution in [0.2, 0.25) is 5.02 Å². The number of benzene rings is 1. The SMILES string of the molecule is CCOCCCNC(=O)Nc1cc(OC)c(Cl)cc1OC. The van der Waals surface area contributed by atoms with Crippen molar-refractivity contribution in [3.05, 3.63) is 17.2 Å².